The van der Waals surface area contributed by atoms with Crippen molar-refractivity contribution >= 4 is 18.1 Å². The standard InChI is InChI=1S/C16H18N6O2/c23-12-21-5-7-22(8-6-21)16(24)14-9-15(20-11-19-14)18-10-13-3-1-2-4-17-13/h1-4,9,11-12H,5-8,10H2,(H,18,19,20). The van der Waals surface area contributed by atoms with Crippen LogP contribution in [0, 0.1) is 0 Å². The smallest absolute Gasteiger partial charge is 0.272 e. The van der Waals surface area contributed by atoms with Gasteiger partial charge in [0.15, 0.2) is 0 Å². The Bertz CT molecular complexity index is 701. The molecule has 3 rings (SSSR count). The van der Waals surface area contributed by atoms with Gasteiger partial charge in [-0.25, -0.2) is 9.97 Å². The molecule has 0 atom stereocenters. The fraction of sp³-hybridized carbons (Fsp3) is 0.312. The molecular formula is C16H18N6O2. The number of hydrogen-bond donors (Lipinski definition) is 1. The van der Waals surface area contributed by atoms with Crippen molar-refractivity contribution in [2.75, 3.05) is 31.5 Å². The van der Waals surface area contributed by atoms with Gasteiger partial charge in [-0.3, -0.25) is 14.6 Å². The third kappa shape index (κ3) is 3.83. The molecule has 8 nitrogen and oxygen atoms in total. The predicted molar refractivity (Wildman–Crippen MR) is 87.1 cm³/mol. The highest BCUT2D eigenvalue weighted by Gasteiger charge is 2.22. The summed E-state index contributed by atoms with van der Waals surface area (Å²) in [6, 6.07) is 7.32. The minimum Gasteiger partial charge on any atom is -0.364 e. The van der Waals surface area contributed by atoms with Crippen molar-refractivity contribution in [3.8, 4) is 0 Å². The van der Waals surface area contributed by atoms with Crippen LogP contribution in [-0.4, -0.2) is 63.2 Å². The SMILES string of the molecule is O=CN1CCN(C(=O)c2cc(NCc3ccccn3)ncn2)CC1. The van der Waals surface area contributed by atoms with Crippen LogP contribution in [0.2, 0.25) is 0 Å². The number of hydrogen-bond acceptors (Lipinski definition) is 6. The number of nitrogens with zero attached hydrogens (tertiary/aromatic N) is 5. The van der Waals surface area contributed by atoms with Crippen molar-refractivity contribution < 1.29 is 9.59 Å². The average Bonchev–Trinajstić information content (AvgIpc) is 2.67. The highest BCUT2D eigenvalue weighted by molar-refractivity contribution is 5.93. The minimum absolute atomic E-state index is 0.149. The molecule has 0 radical (unpaired) electrons. The summed E-state index contributed by atoms with van der Waals surface area (Å²) in [5.41, 5.74) is 1.22. The molecule has 2 aromatic rings. The molecule has 0 spiro atoms. The fourth-order valence-corrected chi connectivity index (χ4v) is 2.45. The Balaban J connectivity index is 1.62. The zero-order valence-corrected chi connectivity index (χ0v) is 13.1. The Morgan fingerprint density at radius 1 is 1.17 bits per heavy atom. The molecule has 3 heterocycles. The number of nitrogens with one attached hydrogen (secondary N) is 1. The molecule has 0 aliphatic carbocycles. The molecule has 8 heteroatoms. The first-order valence-corrected chi connectivity index (χ1v) is 7.71. The molecule has 2 aromatic heterocycles. The molecule has 0 bridgehead atoms. The molecule has 1 aliphatic rings. The van der Waals surface area contributed by atoms with Crippen LogP contribution in [0.5, 0.6) is 0 Å². The van der Waals surface area contributed by atoms with Crippen LogP contribution >= 0.6 is 0 Å². The van der Waals surface area contributed by atoms with E-state index in [1.165, 1.54) is 6.33 Å². The minimum atomic E-state index is -0.149. The highest BCUT2D eigenvalue weighted by Crippen LogP contribution is 2.10. The van der Waals surface area contributed by atoms with E-state index in [-0.39, 0.29) is 5.91 Å². The van der Waals surface area contributed by atoms with Crippen LogP contribution in [0.1, 0.15) is 16.2 Å². The number of piperazine rings is 1. The van der Waals surface area contributed by atoms with Gasteiger partial charge in [0, 0.05) is 38.4 Å². The monoisotopic (exact) mass is 326 g/mol. The number of anilines is 1. The van der Waals surface area contributed by atoms with Gasteiger partial charge in [-0.2, -0.15) is 0 Å². The number of rotatable bonds is 5. The van der Waals surface area contributed by atoms with Crippen molar-refractivity contribution in [2.24, 2.45) is 0 Å². The maximum absolute atomic E-state index is 12.5. The lowest BCUT2D eigenvalue weighted by Gasteiger charge is -2.32. The quantitative estimate of drug-likeness (QED) is 0.800. The van der Waals surface area contributed by atoms with E-state index in [1.807, 2.05) is 18.2 Å². The summed E-state index contributed by atoms with van der Waals surface area (Å²) in [5, 5.41) is 3.14. The topological polar surface area (TPSA) is 91.3 Å². The summed E-state index contributed by atoms with van der Waals surface area (Å²) < 4.78 is 0. The van der Waals surface area contributed by atoms with Crippen molar-refractivity contribution in [3.63, 3.8) is 0 Å². The second kappa shape index (κ2) is 7.49. The Morgan fingerprint density at radius 2 is 2.00 bits per heavy atom. The third-order valence-corrected chi connectivity index (χ3v) is 3.81. The van der Waals surface area contributed by atoms with Gasteiger partial charge < -0.3 is 15.1 Å². The second-order valence-corrected chi connectivity index (χ2v) is 5.40. The van der Waals surface area contributed by atoms with Gasteiger partial charge in [0.2, 0.25) is 6.41 Å². The van der Waals surface area contributed by atoms with E-state index in [9.17, 15) is 9.59 Å². The third-order valence-electron chi connectivity index (χ3n) is 3.81. The van der Waals surface area contributed by atoms with E-state index in [0.29, 0.717) is 44.2 Å². The molecular weight excluding hydrogens is 308 g/mol. The number of aromatic nitrogens is 3. The van der Waals surface area contributed by atoms with E-state index >= 15 is 0 Å². The van der Waals surface area contributed by atoms with Gasteiger partial charge in [0.1, 0.15) is 17.8 Å². The summed E-state index contributed by atoms with van der Waals surface area (Å²) in [6.45, 7) is 2.64. The van der Waals surface area contributed by atoms with Crippen LogP contribution in [0.15, 0.2) is 36.8 Å². The van der Waals surface area contributed by atoms with E-state index < -0.39 is 0 Å². The molecule has 24 heavy (non-hydrogen) atoms. The molecule has 1 fully saturated rings. The lowest BCUT2D eigenvalue weighted by Crippen LogP contribution is -2.48. The van der Waals surface area contributed by atoms with Crippen LogP contribution in [-0.2, 0) is 11.3 Å². The zero-order chi connectivity index (χ0) is 16.8. The van der Waals surface area contributed by atoms with Gasteiger partial charge >= 0.3 is 0 Å². The van der Waals surface area contributed by atoms with Crippen molar-refractivity contribution in [1.82, 2.24) is 24.8 Å². The predicted octanol–water partition coefficient (Wildman–Crippen LogP) is 0.398. The van der Waals surface area contributed by atoms with E-state index in [1.54, 1.807) is 22.1 Å². The van der Waals surface area contributed by atoms with Crippen molar-refractivity contribution in [3.05, 3.63) is 48.2 Å². The lowest BCUT2D eigenvalue weighted by atomic mass is 10.2. The Hall–Kier alpha value is -3.03. The van der Waals surface area contributed by atoms with Gasteiger partial charge in [0.25, 0.3) is 5.91 Å². The van der Waals surface area contributed by atoms with Gasteiger partial charge in [-0.05, 0) is 12.1 Å². The zero-order valence-electron chi connectivity index (χ0n) is 13.1. The van der Waals surface area contributed by atoms with Crippen LogP contribution in [0.3, 0.4) is 0 Å². The van der Waals surface area contributed by atoms with E-state index in [4.69, 9.17) is 0 Å². The molecule has 1 N–H and O–H groups in total. The second-order valence-electron chi connectivity index (χ2n) is 5.40. The van der Waals surface area contributed by atoms with Gasteiger partial charge in [-0.1, -0.05) is 6.07 Å². The first kappa shape index (κ1) is 15.9. The van der Waals surface area contributed by atoms with Gasteiger partial charge in [-0.15, -0.1) is 0 Å². The summed E-state index contributed by atoms with van der Waals surface area (Å²) in [7, 11) is 0. The molecule has 2 amide bonds. The summed E-state index contributed by atoms with van der Waals surface area (Å²) in [5.74, 6) is 0.425. The Morgan fingerprint density at radius 3 is 2.71 bits per heavy atom. The van der Waals surface area contributed by atoms with Crippen molar-refractivity contribution in [1.29, 1.82) is 0 Å². The first-order chi connectivity index (χ1) is 11.8. The largest absolute Gasteiger partial charge is 0.364 e. The maximum atomic E-state index is 12.5. The van der Waals surface area contributed by atoms with Crippen LogP contribution in [0.25, 0.3) is 0 Å². The molecule has 1 aliphatic heterocycles. The molecule has 0 aromatic carbocycles. The number of carbonyl (C=O) groups is 2. The number of carbonyl (C=O) groups excluding carboxylic acids is 2. The average molecular weight is 326 g/mol. The molecule has 124 valence electrons. The summed E-state index contributed by atoms with van der Waals surface area (Å²) >= 11 is 0. The van der Waals surface area contributed by atoms with Gasteiger partial charge in [0.05, 0.1) is 12.2 Å². The summed E-state index contributed by atoms with van der Waals surface area (Å²) in [6.07, 6.45) is 3.91. The fourth-order valence-electron chi connectivity index (χ4n) is 2.45. The van der Waals surface area contributed by atoms with Crippen LogP contribution < -0.4 is 5.32 Å². The Kier molecular flexibility index (Phi) is 4.95. The molecule has 1 saturated heterocycles. The molecule has 0 saturated carbocycles. The number of pyridine rings is 1. The highest BCUT2D eigenvalue weighted by atomic mass is 16.2. The summed E-state index contributed by atoms with van der Waals surface area (Å²) in [4.78, 5) is 39.0. The first-order valence-electron chi connectivity index (χ1n) is 7.71. The van der Waals surface area contributed by atoms with Crippen LogP contribution in [0.4, 0.5) is 5.82 Å². The van der Waals surface area contributed by atoms with E-state index in [0.717, 1.165) is 12.1 Å². The maximum Gasteiger partial charge on any atom is 0.272 e. The number of amides is 2. The van der Waals surface area contributed by atoms with Crippen molar-refractivity contribution in [2.45, 2.75) is 6.54 Å². The normalized spacial score (nSPS) is 14.3. The molecule has 0 unspecified atom stereocenters. The lowest BCUT2D eigenvalue weighted by molar-refractivity contribution is -0.119. The Labute approximate surface area is 139 Å². The van der Waals surface area contributed by atoms with E-state index in [2.05, 4.69) is 20.3 Å².